The summed E-state index contributed by atoms with van der Waals surface area (Å²) in [5.74, 6) is -0.0888. The first-order valence-electron chi connectivity index (χ1n) is 6.22. The summed E-state index contributed by atoms with van der Waals surface area (Å²) in [6, 6.07) is -0.455. The lowest BCUT2D eigenvalue weighted by Gasteiger charge is -2.35. The van der Waals surface area contributed by atoms with Crippen LogP contribution in [0.2, 0.25) is 0 Å². The fraction of sp³-hybridized carbons (Fsp3) is 0.917. The van der Waals surface area contributed by atoms with Gasteiger partial charge in [-0.15, -0.1) is 0 Å². The van der Waals surface area contributed by atoms with Crippen LogP contribution in [0.15, 0.2) is 0 Å². The third-order valence-corrected chi connectivity index (χ3v) is 3.06. The van der Waals surface area contributed by atoms with Gasteiger partial charge in [-0.1, -0.05) is 0 Å². The first-order chi connectivity index (χ1) is 8.07. The summed E-state index contributed by atoms with van der Waals surface area (Å²) in [7, 11) is 1.64. The van der Waals surface area contributed by atoms with Crippen LogP contribution in [0.4, 0.5) is 0 Å². The largest absolute Gasteiger partial charge is 0.385 e. The standard InChI is InChI=1S/C12H24N2O3/c1-12(6-4-8-17-9-12)14-11(15)10(13)5-3-7-16-2/h10H,3-9,13H2,1-2H3,(H,14,15). The highest BCUT2D eigenvalue weighted by Gasteiger charge is 2.30. The SMILES string of the molecule is COCCCC(N)C(=O)NC1(C)CCCOC1. The number of carbonyl (C=O) groups excluding carboxylic acids is 1. The lowest BCUT2D eigenvalue weighted by molar-refractivity contribution is -0.126. The molecule has 17 heavy (non-hydrogen) atoms. The van der Waals surface area contributed by atoms with Crippen molar-refractivity contribution in [2.24, 2.45) is 5.73 Å². The van der Waals surface area contributed by atoms with E-state index in [1.54, 1.807) is 7.11 Å². The van der Waals surface area contributed by atoms with Gasteiger partial charge in [0, 0.05) is 20.3 Å². The smallest absolute Gasteiger partial charge is 0.237 e. The number of nitrogens with one attached hydrogen (secondary N) is 1. The van der Waals surface area contributed by atoms with Crippen molar-refractivity contribution in [3.63, 3.8) is 0 Å². The molecule has 0 bridgehead atoms. The number of ether oxygens (including phenoxy) is 2. The summed E-state index contributed by atoms with van der Waals surface area (Å²) in [5.41, 5.74) is 5.57. The van der Waals surface area contributed by atoms with E-state index in [-0.39, 0.29) is 11.4 Å². The highest BCUT2D eigenvalue weighted by Crippen LogP contribution is 2.18. The summed E-state index contributed by atoms with van der Waals surface area (Å²) in [6.07, 6.45) is 3.38. The van der Waals surface area contributed by atoms with Crippen molar-refractivity contribution in [1.82, 2.24) is 5.32 Å². The van der Waals surface area contributed by atoms with Crippen LogP contribution >= 0.6 is 0 Å². The molecule has 0 spiro atoms. The first kappa shape index (κ1) is 14.4. The molecule has 1 heterocycles. The number of methoxy groups -OCH3 is 1. The lowest BCUT2D eigenvalue weighted by atomic mass is 9.94. The Morgan fingerprint density at radius 1 is 1.65 bits per heavy atom. The molecule has 5 heteroatoms. The average Bonchev–Trinajstić information content (AvgIpc) is 2.29. The van der Waals surface area contributed by atoms with Crippen molar-refractivity contribution in [1.29, 1.82) is 0 Å². The molecule has 1 rings (SSSR count). The molecule has 0 saturated carbocycles. The molecule has 1 fully saturated rings. The van der Waals surface area contributed by atoms with E-state index in [9.17, 15) is 4.79 Å². The molecule has 3 N–H and O–H groups in total. The number of hydrogen-bond acceptors (Lipinski definition) is 4. The molecule has 1 saturated heterocycles. The van der Waals surface area contributed by atoms with Gasteiger partial charge in [-0.3, -0.25) is 4.79 Å². The Balaban J connectivity index is 2.31. The molecule has 0 aromatic rings. The first-order valence-corrected chi connectivity index (χ1v) is 6.22. The van der Waals surface area contributed by atoms with E-state index in [1.807, 2.05) is 6.92 Å². The molecule has 0 aromatic heterocycles. The van der Waals surface area contributed by atoms with Gasteiger partial charge in [0.25, 0.3) is 0 Å². The van der Waals surface area contributed by atoms with Gasteiger partial charge >= 0.3 is 0 Å². The second-order valence-corrected chi connectivity index (χ2v) is 4.95. The Morgan fingerprint density at radius 3 is 3.00 bits per heavy atom. The van der Waals surface area contributed by atoms with Crippen molar-refractivity contribution in [3.8, 4) is 0 Å². The molecule has 0 radical (unpaired) electrons. The van der Waals surface area contributed by atoms with Crippen LogP contribution < -0.4 is 11.1 Å². The zero-order chi connectivity index (χ0) is 12.7. The number of hydrogen-bond donors (Lipinski definition) is 2. The van der Waals surface area contributed by atoms with Crippen molar-refractivity contribution in [3.05, 3.63) is 0 Å². The van der Waals surface area contributed by atoms with Crippen LogP contribution in [-0.2, 0) is 14.3 Å². The maximum atomic E-state index is 11.9. The Kier molecular flexibility index (Phi) is 5.88. The summed E-state index contributed by atoms with van der Waals surface area (Å²) in [4.78, 5) is 11.9. The van der Waals surface area contributed by atoms with E-state index in [0.717, 1.165) is 25.9 Å². The van der Waals surface area contributed by atoms with Gasteiger partial charge in [-0.2, -0.15) is 0 Å². The molecule has 100 valence electrons. The molecule has 5 nitrogen and oxygen atoms in total. The zero-order valence-corrected chi connectivity index (χ0v) is 10.8. The maximum absolute atomic E-state index is 11.9. The van der Waals surface area contributed by atoms with Crippen LogP contribution in [0.3, 0.4) is 0 Å². The topological polar surface area (TPSA) is 73.6 Å². The molecule has 2 unspecified atom stereocenters. The number of amides is 1. The second-order valence-electron chi connectivity index (χ2n) is 4.95. The highest BCUT2D eigenvalue weighted by molar-refractivity contribution is 5.82. The minimum Gasteiger partial charge on any atom is -0.385 e. The Morgan fingerprint density at radius 2 is 2.41 bits per heavy atom. The van der Waals surface area contributed by atoms with Crippen molar-refractivity contribution in [2.45, 2.75) is 44.2 Å². The van der Waals surface area contributed by atoms with E-state index < -0.39 is 6.04 Å². The summed E-state index contributed by atoms with van der Waals surface area (Å²) in [5, 5.41) is 2.99. The van der Waals surface area contributed by atoms with Crippen LogP contribution in [0.5, 0.6) is 0 Å². The molecule has 1 aliphatic heterocycles. The molecular formula is C12H24N2O3. The molecule has 0 aliphatic carbocycles. The van der Waals surface area contributed by atoms with Crippen molar-refractivity contribution >= 4 is 5.91 Å². The third kappa shape index (κ3) is 5.02. The van der Waals surface area contributed by atoms with Crippen LogP contribution in [0, 0.1) is 0 Å². The van der Waals surface area contributed by atoms with Gasteiger partial charge in [0.15, 0.2) is 0 Å². The van der Waals surface area contributed by atoms with Crippen LogP contribution in [0.25, 0.3) is 0 Å². The van der Waals surface area contributed by atoms with Gasteiger partial charge in [0.1, 0.15) is 0 Å². The summed E-state index contributed by atoms with van der Waals surface area (Å²) in [6.45, 7) is 4.00. The number of rotatable bonds is 6. The minimum atomic E-state index is -0.455. The summed E-state index contributed by atoms with van der Waals surface area (Å²) >= 11 is 0. The van der Waals surface area contributed by atoms with E-state index >= 15 is 0 Å². The summed E-state index contributed by atoms with van der Waals surface area (Å²) < 4.78 is 10.3. The van der Waals surface area contributed by atoms with Gasteiger partial charge in [0.2, 0.25) is 5.91 Å². The van der Waals surface area contributed by atoms with E-state index in [4.69, 9.17) is 15.2 Å². The fourth-order valence-corrected chi connectivity index (χ4v) is 2.00. The molecule has 1 amide bonds. The lowest BCUT2D eigenvalue weighted by Crippen LogP contribution is -2.55. The Bertz CT molecular complexity index is 240. The van der Waals surface area contributed by atoms with Crippen LogP contribution in [-0.4, -0.2) is 44.4 Å². The number of nitrogens with two attached hydrogens (primary N) is 1. The molecule has 2 atom stereocenters. The van der Waals surface area contributed by atoms with Gasteiger partial charge < -0.3 is 20.5 Å². The second kappa shape index (κ2) is 6.93. The zero-order valence-electron chi connectivity index (χ0n) is 10.8. The quantitative estimate of drug-likeness (QED) is 0.664. The molecule has 0 aromatic carbocycles. The predicted octanol–water partition coefficient (Wildman–Crippen LogP) is 0.426. The van der Waals surface area contributed by atoms with Gasteiger partial charge in [-0.25, -0.2) is 0 Å². The maximum Gasteiger partial charge on any atom is 0.237 e. The number of carbonyl (C=O) groups is 1. The van der Waals surface area contributed by atoms with E-state index in [1.165, 1.54) is 0 Å². The Labute approximate surface area is 103 Å². The molecule has 1 aliphatic rings. The third-order valence-electron chi connectivity index (χ3n) is 3.06. The van der Waals surface area contributed by atoms with Crippen LogP contribution in [0.1, 0.15) is 32.6 Å². The monoisotopic (exact) mass is 244 g/mol. The van der Waals surface area contributed by atoms with E-state index in [0.29, 0.717) is 19.6 Å². The average molecular weight is 244 g/mol. The predicted molar refractivity (Wildman–Crippen MR) is 65.7 cm³/mol. The molecular weight excluding hydrogens is 220 g/mol. The van der Waals surface area contributed by atoms with Gasteiger partial charge in [0.05, 0.1) is 18.2 Å². The fourth-order valence-electron chi connectivity index (χ4n) is 2.00. The minimum absolute atomic E-state index is 0.0888. The normalized spacial score (nSPS) is 26.5. The highest BCUT2D eigenvalue weighted by atomic mass is 16.5. The Hall–Kier alpha value is -0.650. The van der Waals surface area contributed by atoms with E-state index in [2.05, 4.69) is 5.32 Å². The van der Waals surface area contributed by atoms with Crippen molar-refractivity contribution < 1.29 is 14.3 Å². The van der Waals surface area contributed by atoms with Crippen molar-refractivity contribution in [2.75, 3.05) is 26.9 Å². The van der Waals surface area contributed by atoms with Gasteiger partial charge in [-0.05, 0) is 32.6 Å².